The minimum atomic E-state index is -4.51. The van der Waals surface area contributed by atoms with Crippen LogP contribution >= 0.6 is 7.37 Å². The Morgan fingerprint density at radius 3 is 2.12 bits per heavy atom. The van der Waals surface area contributed by atoms with E-state index in [0.717, 1.165) is 36.4 Å². The van der Waals surface area contributed by atoms with E-state index in [0.29, 0.717) is 0 Å². The van der Waals surface area contributed by atoms with Crippen molar-refractivity contribution in [3.05, 3.63) is 58.1 Å². The van der Waals surface area contributed by atoms with Gasteiger partial charge < -0.3 is 9.47 Å². The molecular weight excluding hydrogens is 466 g/mol. The Morgan fingerprint density at radius 2 is 1.64 bits per heavy atom. The fraction of sp³-hybridized carbons (Fsp3) is 0.381. The number of nitro groups is 1. The average molecular weight is 489 g/mol. The summed E-state index contributed by atoms with van der Waals surface area (Å²) < 4.78 is 67.3. The normalized spacial score (nSPS) is 13.8. The van der Waals surface area contributed by atoms with Crippen LogP contribution in [0.2, 0.25) is 0 Å². The number of benzene rings is 2. The van der Waals surface area contributed by atoms with Gasteiger partial charge in [-0.1, -0.05) is 6.92 Å². The van der Waals surface area contributed by atoms with Crippen LogP contribution in [0.1, 0.15) is 33.3 Å². The fourth-order valence-corrected chi connectivity index (χ4v) is 4.27. The zero-order chi connectivity index (χ0) is 25.0. The van der Waals surface area contributed by atoms with Crippen molar-refractivity contribution in [3.63, 3.8) is 0 Å². The largest absolute Gasteiger partial charge is 0.457 e. The molecule has 0 saturated carbocycles. The molecule has 12 heteroatoms. The first-order valence-electron chi connectivity index (χ1n) is 9.72. The molecule has 2 aromatic carbocycles. The van der Waals surface area contributed by atoms with Crippen molar-refractivity contribution in [2.24, 2.45) is 5.41 Å². The first-order valence-corrected chi connectivity index (χ1v) is 11.5. The van der Waals surface area contributed by atoms with Crippen molar-refractivity contribution in [1.29, 1.82) is 0 Å². The Labute approximate surface area is 188 Å². The minimum absolute atomic E-state index is 0.000630. The van der Waals surface area contributed by atoms with Gasteiger partial charge in [0.25, 0.3) is 5.69 Å². The molecule has 2 rings (SSSR count). The van der Waals surface area contributed by atoms with Crippen molar-refractivity contribution < 1.29 is 41.5 Å². The Balaban J connectivity index is 2.32. The van der Waals surface area contributed by atoms with Gasteiger partial charge in [0, 0.05) is 18.3 Å². The van der Waals surface area contributed by atoms with E-state index < -0.39 is 47.9 Å². The molecule has 0 bridgehead atoms. The van der Waals surface area contributed by atoms with Crippen LogP contribution in [0.15, 0.2) is 42.5 Å². The quantitative estimate of drug-likeness (QED) is 0.150. The van der Waals surface area contributed by atoms with E-state index >= 15 is 0 Å². The van der Waals surface area contributed by atoms with Crippen LogP contribution in [0.3, 0.4) is 0 Å². The maximum atomic E-state index is 13.4. The lowest BCUT2D eigenvalue weighted by atomic mass is 9.98. The highest BCUT2D eigenvalue weighted by Gasteiger charge is 2.34. The third kappa shape index (κ3) is 6.79. The highest BCUT2D eigenvalue weighted by Crippen LogP contribution is 2.48. The molecule has 0 spiro atoms. The predicted molar refractivity (Wildman–Crippen MR) is 114 cm³/mol. The third-order valence-electron chi connectivity index (χ3n) is 4.41. The number of esters is 1. The highest BCUT2D eigenvalue weighted by molar-refractivity contribution is 7.67. The van der Waals surface area contributed by atoms with Gasteiger partial charge in [-0.2, -0.15) is 13.2 Å². The Morgan fingerprint density at radius 1 is 1.06 bits per heavy atom. The Bertz CT molecular complexity index is 1060. The number of carbonyl (C=O) groups excluding carboxylic acids is 1. The fourth-order valence-electron chi connectivity index (χ4n) is 2.55. The zero-order valence-corrected chi connectivity index (χ0v) is 19.2. The summed E-state index contributed by atoms with van der Waals surface area (Å²) in [5.74, 6) is -0.576. The van der Waals surface area contributed by atoms with Crippen LogP contribution in [-0.2, 0) is 24.8 Å². The monoisotopic (exact) mass is 489 g/mol. The maximum absolute atomic E-state index is 13.4. The van der Waals surface area contributed by atoms with Gasteiger partial charge in [-0.25, -0.2) is 0 Å². The Kier molecular flexibility index (Phi) is 7.92. The van der Waals surface area contributed by atoms with Gasteiger partial charge in [-0.3, -0.25) is 24.0 Å². The van der Waals surface area contributed by atoms with E-state index in [9.17, 15) is 32.6 Å². The zero-order valence-electron chi connectivity index (χ0n) is 18.3. The number of hydrogen-bond acceptors (Lipinski definition) is 7. The van der Waals surface area contributed by atoms with Crippen LogP contribution in [0.4, 0.5) is 18.9 Å². The van der Waals surface area contributed by atoms with E-state index in [1.54, 1.807) is 20.8 Å². The van der Waals surface area contributed by atoms with Crippen LogP contribution in [0, 0.1) is 15.5 Å². The van der Waals surface area contributed by atoms with Crippen LogP contribution < -0.4 is 10.0 Å². The lowest BCUT2D eigenvalue weighted by molar-refractivity contribution is -0.383. The van der Waals surface area contributed by atoms with Gasteiger partial charge in [-0.05, 0) is 51.1 Å². The number of hydrogen-bond donors (Lipinski definition) is 0. The molecule has 0 aliphatic carbocycles. The van der Waals surface area contributed by atoms with Gasteiger partial charge in [0.05, 0.1) is 15.9 Å². The lowest BCUT2D eigenvalue weighted by Gasteiger charge is -2.20. The minimum Gasteiger partial charge on any atom is -0.457 e. The smallest absolute Gasteiger partial charge is 0.416 e. The molecule has 180 valence electrons. The molecule has 0 heterocycles. The van der Waals surface area contributed by atoms with E-state index in [-0.39, 0.29) is 23.0 Å². The van der Waals surface area contributed by atoms with Crippen molar-refractivity contribution in [3.8, 4) is 11.5 Å². The summed E-state index contributed by atoms with van der Waals surface area (Å²) >= 11 is 0. The number of nitro benzene ring substituents is 1. The second kappa shape index (κ2) is 9.93. The molecule has 0 amide bonds. The van der Waals surface area contributed by atoms with Crippen molar-refractivity contribution in [2.75, 3.05) is 13.0 Å². The molecule has 0 aliphatic heterocycles. The summed E-state index contributed by atoms with van der Waals surface area (Å²) in [4.78, 5) is 22.7. The van der Waals surface area contributed by atoms with Gasteiger partial charge in [0.15, 0.2) is 6.79 Å². The molecule has 0 fully saturated rings. The summed E-state index contributed by atoms with van der Waals surface area (Å²) in [6, 6.07) is 7.24. The molecule has 0 saturated heterocycles. The Hall–Kier alpha value is -2.91. The van der Waals surface area contributed by atoms with Crippen LogP contribution in [0.5, 0.6) is 11.5 Å². The number of carbonyl (C=O) groups is 1. The average Bonchev–Trinajstić information content (AvgIpc) is 2.72. The van der Waals surface area contributed by atoms with E-state index in [1.165, 1.54) is 13.0 Å². The van der Waals surface area contributed by atoms with Crippen LogP contribution in [0.25, 0.3) is 0 Å². The summed E-state index contributed by atoms with van der Waals surface area (Å²) in [5, 5.41) is 11.2. The topological polar surface area (TPSA) is 105 Å². The third-order valence-corrected chi connectivity index (χ3v) is 6.86. The molecule has 2 aromatic rings. The second-order valence-corrected chi connectivity index (χ2v) is 10.7. The molecular formula is C21H23F3NO7P. The van der Waals surface area contributed by atoms with Gasteiger partial charge in [0.1, 0.15) is 16.8 Å². The lowest BCUT2D eigenvalue weighted by Crippen LogP contribution is -2.24. The summed E-state index contributed by atoms with van der Waals surface area (Å²) in [7, 11) is -3.86. The first-order chi connectivity index (χ1) is 15.2. The predicted octanol–water partition coefficient (Wildman–Crippen LogP) is 5.89. The first kappa shape index (κ1) is 26.3. The second-order valence-electron chi connectivity index (χ2n) is 7.95. The van der Waals surface area contributed by atoms with Gasteiger partial charge in [0.2, 0.25) is 7.37 Å². The molecule has 33 heavy (non-hydrogen) atoms. The SMILES string of the molecule is CCP(=O)(OCOC(=O)C(C)(C)C)c1cc(Oc2ccc(C(F)(F)F)cc2)ccc1[N+](=O)[O-]. The van der Waals surface area contributed by atoms with Gasteiger partial charge in [-0.15, -0.1) is 0 Å². The standard InChI is InChI=1S/C21H23F3NO7P/c1-5-33(29,31-13-30-19(26)20(2,3)4)18-12-16(10-11-17(18)25(27)28)32-15-8-6-14(7-9-15)21(22,23)24/h6-12H,5,13H2,1-4H3. The summed E-state index contributed by atoms with van der Waals surface area (Å²) in [5.41, 5.74) is -2.20. The molecule has 0 radical (unpaired) electrons. The molecule has 0 aliphatic rings. The number of alkyl halides is 3. The van der Waals surface area contributed by atoms with Crippen molar-refractivity contribution in [2.45, 2.75) is 33.9 Å². The number of halogens is 3. The number of ether oxygens (including phenoxy) is 2. The van der Waals surface area contributed by atoms with E-state index in [2.05, 4.69) is 0 Å². The molecule has 0 aromatic heterocycles. The van der Waals surface area contributed by atoms with Crippen molar-refractivity contribution >= 4 is 24.3 Å². The molecule has 0 N–H and O–H groups in total. The van der Waals surface area contributed by atoms with Crippen molar-refractivity contribution in [1.82, 2.24) is 0 Å². The maximum Gasteiger partial charge on any atom is 0.416 e. The van der Waals surface area contributed by atoms with E-state index in [1.807, 2.05) is 0 Å². The summed E-state index contributed by atoms with van der Waals surface area (Å²) in [6.07, 6.45) is -4.66. The molecule has 1 atom stereocenters. The summed E-state index contributed by atoms with van der Waals surface area (Å²) in [6.45, 7) is 5.65. The number of rotatable bonds is 8. The van der Waals surface area contributed by atoms with Crippen LogP contribution in [-0.4, -0.2) is 23.8 Å². The van der Waals surface area contributed by atoms with E-state index in [4.69, 9.17) is 14.0 Å². The highest BCUT2D eigenvalue weighted by atomic mass is 31.2. The molecule has 8 nitrogen and oxygen atoms in total. The van der Waals surface area contributed by atoms with Gasteiger partial charge >= 0.3 is 12.1 Å². The molecule has 1 unspecified atom stereocenters. The number of nitrogens with zero attached hydrogens (tertiary/aromatic N) is 1.